The molecule has 1 aliphatic rings. The molecule has 16 heavy (non-hydrogen) atoms. The summed E-state index contributed by atoms with van der Waals surface area (Å²) in [5.41, 5.74) is 0. The molecule has 2 heterocycles. The number of aliphatic hydroxyl groups excluding tert-OH is 1. The monoisotopic (exact) mass is 288 g/mol. The van der Waals surface area contributed by atoms with Crippen molar-refractivity contribution in [3.63, 3.8) is 0 Å². The first-order valence-electron chi connectivity index (χ1n) is 5.80. The summed E-state index contributed by atoms with van der Waals surface area (Å²) >= 11 is 3.35. The minimum Gasteiger partial charge on any atom is -0.465 e. The van der Waals surface area contributed by atoms with Gasteiger partial charge in [0.15, 0.2) is 0 Å². The van der Waals surface area contributed by atoms with Gasteiger partial charge in [0.2, 0.25) is 0 Å². The summed E-state index contributed by atoms with van der Waals surface area (Å²) in [6.07, 6.45) is 6.48. The third-order valence-corrected chi connectivity index (χ3v) is 3.64. The van der Waals surface area contributed by atoms with Crippen molar-refractivity contribution < 1.29 is 14.3 Å². The summed E-state index contributed by atoms with van der Waals surface area (Å²) in [6.45, 7) is 0.866. The van der Waals surface area contributed by atoms with Crippen molar-refractivity contribution in [3.8, 4) is 0 Å². The maximum Gasteiger partial charge on any atom is 0.146 e. The van der Waals surface area contributed by atoms with Gasteiger partial charge in [-0.3, -0.25) is 0 Å². The Bertz CT molecular complexity index is 318. The van der Waals surface area contributed by atoms with Crippen LogP contribution in [0.25, 0.3) is 0 Å². The molecule has 1 N–H and O–H groups in total. The first-order chi connectivity index (χ1) is 7.77. The summed E-state index contributed by atoms with van der Waals surface area (Å²) < 4.78 is 11.7. The van der Waals surface area contributed by atoms with Gasteiger partial charge in [0.05, 0.1) is 16.8 Å². The van der Waals surface area contributed by atoms with Crippen LogP contribution in [0.1, 0.15) is 44.0 Å². The maximum atomic E-state index is 9.94. The lowest BCUT2D eigenvalue weighted by Gasteiger charge is -2.23. The van der Waals surface area contributed by atoms with E-state index in [1.807, 2.05) is 0 Å². The van der Waals surface area contributed by atoms with Crippen LogP contribution >= 0.6 is 15.9 Å². The number of hydrogen-bond acceptors (Lipinski definition) is 3. The quantitative estimate of drug-likeness (QED) is 0.923. The van der Waals surface area contributed by atoms with Gasteiger partial charge in [0.1, 0.15) is 11.9 Å². The molecular weight excluding hydrogens is 272 g/mol. The van der Waals surface area contributed by atoms with Gasteiger partial charge in [-0.1, -0.05) is 0 Å². The summed E-state index contributed by atoms with van der Waals surface area (Å²) in [7, 11) is 0. The molecule has 0 aromatic carbocycles. The highest BCUT2D eigenvalue weighted by Crippen LogP contribution is 2.29. The van der Waals surface area contributed by atoms with Crippen molar-refractivity contribution in [1.82, 2.24) is 0 Å². The Kier molecular flexibility index (Phi) is 4.44. The number of aliphatic hydroxyl groups is 1. The van der Waals surface area contributed by atoms with E-state index in [1.165, 1.54) is 12.8 Å². The van der Waals surface area contributed by atoms with E-state index in [0.29, 0.717) is 18.3 Å². The first-order valence-corrected chi connectivity index (χ1v) is 6.59. The molecule has 2 unspecified atom stereocenters. The van der Waals surface area contributed by atoms with E-state index in [-0.39, 0.29) is 0 Å². The van der Waals surface area contributed by atoms with Crippen molar-refractivity contribution in [2.75, 3.05) is 6.61 Å². The van der Waals surface area contributed by atoms with Crippen LogP contribution in [0.2, 0.25) is 0 Å². The third-order valence-electron chi connectivity index (χ3n) is 2.98. The SMILES string of the molecule is OC(CCC1CCCCO1)c1occc1Br. The van der Waals surface area contributed by atoms with Gasteiger partial charge >= 0.3 is 0 Å². The van der Waals surface area contributed by atoms with Crippen molar-refractivity contribution in [3.05, 3.63) is 22.6 Å². The zero-order chi connectivity index (χ0) is 11.4. The van der Waals surface area contributed by atoms with E-state index < -0.39 is 6.10 Å². The number of furan rings is 1. The van der Waals surface area contributed by atoms with Gasteiger partial charge in [-0.05, 0) is 54.1 Å². The van der Waals surface area contributed by atoms with Crippen LogP contribution < -0.4 is 0 Å². The number of hydrogen-bond donors (Lipinski definition) is 1. The topological polar surface area (TPSA) is 42.6 Å². The van der Waals surface area contributed by atoms with E-state index in [4.69, 9.17) is 9.15 Å². The Morgan fingerprint density at radius 3 is 3.00 bits per heavy atom. The zero-order valence-corrected chi connectivity index (χ0v) is 10.8. The van der Waals surface area contributed by atoms with E-state index in [0.717, 1.165) is 23.9 Å². The number of halogens is 1. The fourth-order valence-corrected chi connectivity index (χ4v) is 2.52. The first kappa shape index (κ1) is 12.1. The van der Waals surface area contributed by atoms with Crippen LogP contribution in [0.5, 0.6) is 0 Å². The second-order valence-electron chi connectivity index (χ2n) is 4.21. The zero-order valence-electron chi connectivity index (χ0n) is 9.19. The normalized spacial score (nSPS) is 23.2. The van der Waals surface area contributed by atoms with Gasteiger partial charge in [-0.25, -0.2) is 0 Å². The minimum atomic E-state index is -0.532. The highest BCUT2D eigenvalue weighted by Gasteiger charge is 2.19. The molecule has 0 aliphatic carbocycles. The molecule has 2 atom stereocenters. The fraction of sp³-hybridized carbons (Fsp3) is 0.667. The minimum absolute atomic E-state index is 0.317. The molecule has 0 spiro atoms. The predicted molar refractivity (Wildman–Crippen MR) is 64.2 cm³/mol. The average molecular weight is 289 g/mol. The molecule has 0 bridgehead atoms. The second kappa shape index (κ2) is 5.84. The highest BCUT2D eigenvalue weighted by molar-refractivity contribution is 9.10. The van der Waals surface area contributed by atoms with E-state index in [2.05, 4.69) is 15.9 Å². The van der Waals surface area contributed by atoms with Gasteiger partial charge in [0, 0.05) is 6.61 Å². The molecule has 1 aromatic heterocycles. The molecule has 3 nitrogen and oxygen atoms in total. The van der Waals surface area contributed by atoms with Crippen LogP contribution in [0, 0.1) is 0 Å². The standard InChI is InChI=1S/C12H17BrO3/c13-10-6-8-16-12(10)11(14)5-4-9-3-1-2-7-15-9/h6,8-9,11,14H,1-5,7H2. The molecule has 1 fully saturated rings. The highest BCUT2D eigenvalue weighted by atomic mass is 79.9. The van der Waals surface area contributed by atoms with E-state index in [1.54, 1.807) is 12.3 Å². The van der Waals surface area contributed by atoms with Crippen molar-refractivity contribution in [1.29, 1.82) is 0 Å². The molecular formula is C12H17BrO3. The van der Waals surface area contributed by atoms with Crippen LogP contribution in [0.15, 0.2) is 21.2 Å². The third kappa shape index (κ3) is 3.09. The van der Waals surface area contributed by atoms with Crippen molar-refractivity contribution >= 4 is 15.9 Å². The molecule has 0 radical (unpaired) electrons. The Labute approximate surface area is 104 Å². The van der Waals surface area contributed by atoms with Gasteiger partial charge in [-0.2, -0.15) is 0 Å². The molecule has 4 heteroatoms. The average Bonchev–Trinajstić information content (AvgIpc) is 2.74. The summed E-state index contributed by atoms with van der Waals surface area (Å²) in [5.74, 6) is 0.621. The second-order valence-corrected chi connectivity index (χ2v) is 5.07. The fourth-order valence-electron chi connectivity index (χ4n) is 2.05. The lowest BCUT2D eigenvalue weighted by atomic mass is 10.0. The van der Waals surface area contributed by atoms with Crippen LogP contribution in [0.3, 0.4) is 0 Å². The Morgan fingerprint density at radius 1 is 1.50 bits per heavy atom. The van der Waals surface area contributed by atoms with Crippen molar-refractivity contribution in [2.24, 2.45) is 0 Å². The smallest absolute Gasteiger partial charge is 0.146 e. The van der Waals surface area contributed by atoms with Crippen molar-refractivity contribution in [2.45, 2.75) is 44.3 Å². The van der Waals surface area contributed by atoms with Gasteiger partial charge in [-0.15, -0.1) is 0 Å². The summed E-state index contributed by atoms with van der Waals surface area (Å²) in [4.78, 5) is 0. The predicted octanol–water partition coefficient (Wildman–Crippen LogP) is 3.42. The lowest BCUT2D eigenvalue weighted by Crippen LogP contribution is -2.19. The van der Waals surface area contributed by atoms with Crippen LogP contribution in [0.4, 0.5) is 0 Å². The van der Waals surface area contributed by atoms with Gasteiger partial charge in [0.25, 0.3) is 0 Å². The molecule has 90 valence electrons. The number of ether oxygens (including phenoxy) is 1. The molecule has 1 saturated heterocycles. The Balaban J connectivity index is 1.79. The molecule has 0 amide bonds. The molecule has 0 saturated carbocycles. The van der Waals surface area contributed by atoms with Crippen LogP contribution in [-0.2, 0) is 4.74 Å². The lowest BCUT2D eigenvalue weighted by molar-refractivity contribution is 0.000558. The Morgan fingerprint density at radius 2 is 2.38 bits per heavy atom. The van der Waals surface area contributed by atoms with E-state index >= 15 is 0 Å². The summed E-state index contributed by atoms with van der Waals surface area (Å²) in [6, 6.07) is 1.80. The molecule has 1 aromatic rings. The maximum absolute atomic E-state index is 9.94. The summed E-state index contributed by atoms with van der Waals surface area (Å²) in [5, 5.41) is 9.94. The largest absolute Gasteiger partial charge is 0.465 e. The molecule has 1 aliphatic heterocycles. The van der Waals surface area contributed by atoms with Crippen LogP contribution in [-0.4, -0.2) is 17.8 Å². The van der Waals surface area contributed by atoms with Gasteiger partial charge < -0.3 is 14.3 Å². The number of rotatable bonds is 4. The Hall–Kier alpha value is -0.320. The van der Waals surface area contributed by atoms with E-state index in [9.17, 15) is 5.11 Å². The molecule has 2 rings (SSSR count).